The first kappa shape index (κ1) is 20.2. The van der Waals surface area contributed by atoms with Gasteiger partial charge in [0, 0.05) is 12.0 Å². The highest BCUT2D eigenvalue weighted by atomic mass is 16.5. The van der Waals surface area contributed by atoms with E-state index in [4.69, 9.17) is 9.47 Å². The van der Waals surface area contributed by atoms with Crippen molar-refractivity contribution in [1.29, 1.82) is 0 Å². The van der Waals surface area contributed by atoms with Crippen LogP contribution >= 0.6 is 0 Å². The first-order valence-corrected chi connectivity index (χ1v) is 9.77. The second-order valence-electron chi connectivity index (χ2n) is 8.48. The zero-order chi connectivity index (χ0) is 20.3. The van der Waals surface area contributed by atoms with Crippen LogP contribution < -0.4 is 14.8 Å². The number of amides is 1. The van der Waals surface area contributed by atoms with Gasteiger partial charge >= 0.3 is 0 Å². The summed E-state index contributed by atoms with van der Waals surface area (Å²) in [7, 11) is 3.19. The van der Waals surface area contributed by atoms with Crippen LogP contribution in [-0.4, -0.2) is 35.3 Å². The topological polar surface area (TPSA) is 89.1 Å². The van der Waals surface area contributed by atoms with Gasteiger partial charge in [0.1, 0.15) is 11.5 Å². The Kier molecular flexibility index (Phi) is 5.91. The maximum atomic E-state index is 12.6. The number of carbonyl (C=O) groups is 1. The number of anilines is 1. The second kappa shape index (κ2) is 8.20. The lowest BCUT2D eigenvalue weighted by atomic mass is 9.70. The minimum absolute atomic E-state index is 0.000366. The highest BCUT2D eigenvalue weighted by Gasteiger charge is 2.32. The third-order valence-electron chi connectivity index (χ3n) is 5.71. The molecule has 1 saturated carbocycles. The van der Waals surface area contributed by atoms with Gasteiger partial charge in [0.05, 0.1) is 19.8 Å². The van der Waals surface area contributed by atoms with Crippen molar-refractivity contribution in [1.82, 2.24) is 15.2 Å². The molecule has 0 bridgehead atoms. The van der Waals surface area contributed by atoms with E-state index in [0.29, 0.717) is 28.7 Å². The zero-order valence-electron chi connectivity index (χ0n) is 17.3. The first-order valence-electron chi connectivity index (χ1n) is 9.77. The van der Waals surface area contributed by atoms with Crippen molar-refractivity contribution in [2.24, 2.45) is 17.3 Å². The molecule has 1 aromatic heterocycles. The van der Waals surface area contributed by atoms with Crippen LogP contribution in [-0.2, 0) is 4.79 Å². The number of nitrogens with zero attached hydrogens (tertiary/aromatic N) is 2. The van der Waals surface area contributed by atoms with E-state index in [1.807, 2.05) is 12.1 Å². The lowest BCUT2D eigenvalue weighted by Crippen LogP contribution is -2.31. The third kappa shape index (κ3) is 4.46. The molecule has 7 heteroatoms. The SMILES string of the molecule is COc1ccc(-c2nc(NC(=O)C3CCC(C(C)(C)C)CC3)n[nH]2)c(OC)c1. The van der Waals surface area contributed by atoms with Crippen LogP contribution in [0.15, 0.2) is 18.2 Å². The van der Waals surface area contributed by atoms with Crippen LogP contribution in [0.2, 0.25) is 0 Å². The van der Waals surface area contributed by atoms with Gasteiger partial charge in [-0.1, -0.05) is 20.8 Å². The number of aromatic nitrogens is 3. The quantitative estimate of drug-likeness (QED) is 0.800. The second-order valence-corrected chi connectivity index (χ2v) is 8.48. The molecular weight excluding hydrogens is 356 g/mol. The molecule has 28 heavy (non-hydrogen) atoms. The number of nitrogens with one attached hydrogen (secondary N) is 2. The number of H-pyrrole nitrogens is 1. The molecule has 2 aromatic rings. The summed E-state index contributed by atoms with van der Waals surface area (Å²) in [4.78, 5) is 17.0. The van der Waals surface area contributed by atoms with E-state index in [2.05, 4.69) is 41.3 Å². The molecule has 1 aliphatic carbocycles. The summed E-state index contributed by atoms with van der Waals surface area (Å²) in [5, 5.41) is 9.88. The molecule has 3 rings (SSSR count). The number of carbonyl (C=O) groups excluding carboxylic acids is 1. The highest BCUT2D eigenvalue weighted by molar-refractivity contribution is 5.91. The predicted molar refractivity (Wildman–Crippen MR) is 108 cm³/mol. The summed E-state index contributed by atoms with van der Waals surface area (Å²) < 4.78 is 10.6. The largest absolute Gasteiger partial charge is 0.497 e. The van der Waals surface area contributed by atoms with Crippen LogP contribution in [0.5, 0.6) is 11.5 Å². The van der Waals surface area contributed by atoms with E-state index in [-0.39, 0.29) is 17.8 Å². The molecule has 152 valence electrons. The molecule has 0 saturated heterocycles. The van der Waals surface area contributed by atoms with Crippen LogP contribution in [0.1, 0.15) is 46.5 Å². The summed E-state index contributed by atoms with van der Waals surface area (Å²) in [6, 6.07) is 5.45. The van der Waals surface area contributed by atoms with Gasteiger partial charge in [0.2, 0.25) is 11.9 Å². The van der Waals surface area contributed by atoms with Crippen LogP contribution in [0.25, 0.3) is 11.4 Å². The fourth-order valence-corrected chi connectivity index (χ4v) is 3.87. The number of benzene rings is 1. The van der Waals surface area contributed by atoms with Gasteiger partial charge in [-0.05, 0) is 49.1 Å². The molecule has 0 aliphatic heterocycles. The van der Waals surface area contributed by atoms with Crippen molar-refractivity contribution in [3.63, 3.8) is 0 Å². The van der Waals surface area contributed by atoms with Crippen molar-refractivity contribution in [2.45, 2.75) is 46.5 Å². The third-order valence-corrected chi connectivity index (χ3v) is 5.71. The number of ether oxygens (including phenoxy) is 2. The van der Waals surface area contributed by atoms with Gasteiger partial charge in [0.25, 0.3) is 0 Å². The molecule has 1 aliphatic rings. The number of hydrogen-bond acceptors (Lipinski definition) is 5. The normalized spacial score (nSPS) is 19.9. The fourth-order valence-electron chi connectivity index (χ4n) is 3.87. The van der Waals surface area contributed by atoms with Gasteiger partial charge in [0.15, 0.2) is 5.82 Å². The average molecular weight is 386 g/mol. The summed E-state index contributed by atoms with van der Waals surface area (Å²) >= 11 is 0. The first-order chi connectivity index (χ1) is 13.3. The minimum Gasteiger partial charge on any atom is -0.497 e. The molecule has 2 N–H and O–H groups in total. The molecule has 1 amide bonds. The van der Waals surface area contributed by atoms with Gasteiger partial charge in [-0.15, -0.1) is 5.10 Å². The van der Waals surface area contributed by atoms with E-state index in [0.717, 1.165) is 31.2 Å². The lowest BCUT2D eigenvalue weighted by Gasteiger charge is -2.36. The maximum absolute atomic E-state index is 12.6. The van der Waals surface area contributed by atoms with Crippen LogP contribution in [0, 0.1) is 17.3 Å². The summed E-state index contributed by atoms with van der Waals surface area (Å²) in [5.41, 5.74) is 1.05. The molecule has 0 unspecified atom stereocenters. The van der Waals surface area contributed by atoms with Crippen LogP contribution in [0.3, 0.4) is 0 Å². The van der Waals surface area contributed by atoms with Crippen molar-refractivity contribution >= 4 is 11.9 Å². The monoisotopic (exact) mass is 386 g/mol. The van der Waals surface area contributed by atoms with Crippen molar-refractivity contribution in [2.75, 3.05) is 19.5 Å². The average Bonchev–Trinajstić information content (AvgIpc) is 3.15. The lowest BCUT2D eigenvalue weighted by molar-refractivity contribution is -0.121. The van der Waals surface area contributed by atoms with E-state index >= 15 is 0 Å². The Morgan fingerprint density at radius 3 is 2.46 bits per heavy atom. The Morgan fingerprint density at radius 1 is 1.14 bits per heavy atom. The number of rotatable bonds is 5. The Bertz CT molecular complexity index is 817. The molecule has 7 nitrogen and oxygen atoms in total. The predicted octanol–water partition coefficient (Wildman–Crippen LogP) is 4.28. The minimum atomic E-state index is -0.000366. The number of hydrogen-bond donors (Lipinski definition) is 2. The Labute approximate surface area is 166 Å². The molecule has 0 radical (unpaired) electrons. The number of aromatic amines is 1. The summed E-state index contributed by atoms with van der Waals surface area (Å²) in [5.74, 6) is 2.83. The molecule has 1 aromatic carbocycles. The van der Waals surface area contributed by atoms with Crippen molar-refractivity contribution < 1.29 is 14.3 Å². The Balaban J connectivity index is 1.65. The Morgan fingerprint density at radius 2 is 1.86 bits per heavy atom. The Hall–Kier alpha value is -2.57. The van der Waals surface area contributed by atoms with Crippen molar-refractivity contribution in [3.8, 4) is 22.9 Å². The highest BCUT2D eigenvalue weighted by Crippen LogP contribution is 2.40. The smallest absolute Gasteiger partial charge is 0.249 e. The van der Waals surface area contributed by atoms with Gasteiger partial charge in [-0.25, -0.2) is 0 Å². The molecule has 1 fully saturated rings. The van der Waals surface area contributed by atoms with E-state index in [1.165, 1.54) is 0 Å². The number of methoxy groups -OCH3 is 2. The molecule has 0 atom stereocenters. The van der Waals surface area contributed by atoms with E-state index in [9.17, 15) is 4.79 Å². The van der Waals surface area contributed by atoms with E-state index in [1.54, 1.807) is 20.3 Å². The van der Waals surface area contributed by atoms with E-state index < -0.39 is 0 Å². The molecule has 0 spiro atoms. The summed E-state index contributed by atoms with van der Waals surface area (Å²) in [6.45, 7) is 6.84. The molecule has 1 heterocycles. The van der Waals surface area contributed by atoms with Crippen LogP contribution in [0.4, 0.5) is 5.95 Å². The summed E-state index contributed by atoms with van der Waals surface area (Å²) in [6.07, 6.45) is 4.00. The zero-order valence-corrected chi connectivity index (χ0v) is 17.3. The fraction of sp³-hybridized carbons (Fsp3) is 0.571. The maximum Gasteiger partial charge on any atom is 0.249 e. The van der Waals surface area contributed by atoms with Gasteiger partial charge in [-0.2, -0.15) is 4.98 Å². The standard InChI is InChI=1S/C21H30N4O3/c1-21(2,3)14-8-6-13(7-9-14)19(26)23-20-22-18(24-25-20)16-11-10-15(27-4)12-17(16)28-5/h10-14H,6-9H2,1-5H3,(H2,22,23,24,25,26). The van der Waals surface area contributed by atoms with Gasteiger partial charge in [-0.3, -0.25) is 15.2 Å². The molecular formula is C21H30N4O3. The van der Waals surface area contributed by atoms with Crippen molar-refractivity contribution in [3.05, 3.63) is 18.2 Å². The van der Waals surface area contributed by atoms with Gasteiger partial charge < -0.3 is 9.47 Å².